The third kappa shape index (κ3) is 8.81. The molecule has 0 amide bonds. The van der Waals surface area contributed by atoms with E-state index in [1.165, 1.54) is 39.1 Å². The summed E-state index contributed by atoms with van der Waals surface area (Å²) in [6.07, 6.45) is 8.61. The molecule has 3 aromatic rings. The maximum Gasteiger partial charge on any atom is 0.126 e. The second-order valence-corrected chi connectivity index (χ2v) is 14.2. The van der Waals surface area contributed by atoms with Crippen molar-refractivity contribution in [3.63, 3.8) is 0 Å². The van der Waals surface area contributed by atoms with Gasteiger partial charge in [-0.15, -0.1) is 0 Å². The Bertz CT molecular complexity index is 1360. The van der Waals surface area contributed by atoms with E-state index in [4.69, 9.17) is 9.47 Å². The molecular weight excluding hydrogens is 528 g/mol. The monoisotopic (exact) mass is 582 g/mol. The van der Waals surface area contributed by atoms with E-state index in [-0.39, 0.29) is 10.8 Å². The van der Waals surface area contributed by atoms with Gasteiger partial charge in [0.2, 0.25) is 0 Å². The molecule has 0 atom stereocenters. The predicted molar refractivity (Wildman–Crippen MR) is 182 cm³/mol. The molecule has 0 aliphatic carbocycles. The molecule has 1 aliphatic rings. The van der Waals surface area contributed by atoms with Gasteiger partial charge in [0.25, 0.3) is 0 Å². The maximum atomic E-state index is 6.70. The van der Waals surface area contributed by atoms with E-state index in [1.807, 2.05) is 6.07 Å². The van der Waals surface area contributed by atoms with Gasteiger partial charge in [-0.3, -0.25) is 0 Å². The van der Waals surface area contributed by atoms with Crippen LogP contribution in [0.2, 0.25) is 0 Å². The van der Waals surface area contributed by atoms with Gasteiger partial charge >= 0.3 is 0 Å². The van der Waals surface area contributed by atoms with Gasteiger partial charge in [-0.25, -0.2) is 0 Å². The summed E-state index contributed by atoms with van der Waals surface area (Å²) >= 11 is 0. The lowest BCUT2D eigenvalue weighted by Gasteiger charge is -2.29. The molecule has 4 heteroatoms. The SMILES string of the molecule is CCC(C)(C)Cc1cc(OCc2ccccc2)cc(C(C)(C)C)c1OCCCCN1C=CN(c2c(C)cc(C)cc2C)C1. The van der Waals surface area contributed by atoms with Gasteiger partial charge in [0.15, 0.2) is 0 Å². The van der Waals surface area contributed by atoms with Crippen molar-refractivity contribution in [1.82, 2.24) is 4.90 Å². The van der Waals surface area contributed by atoms with Crippen molar-refractivity contribution < 1.29 is 9.47 Å². The first kappa shape index (κ1) is 32.5. The van der Waals surface area contributed by atoms with E-state index in [0.717, 1.165) is 50.4 Å². The zero-order valence-corrected chi connectivity index (χ0v) is 28.2. The molecule has 3 aromatic carbocycles. The molecular formula is C39H54N2O2. The molecule has 0 bridgehead atoms. The minimum atomic E-state index is -0.0669. The molecule has 0 saturated carbocycles. The van der Waals surface area contributed by atoms with Crippen LogP contribution in [0.25, 0.3) is 0 Å². The third-order valence-electron chi connectivity index (χ3n) is 8.62. The summed E-state index contributed by atoms with van der Waals surface area (Å²) in [5, 5.41) is 0. The van der Waals surface area contributed by atoms with Crippen LogP contribution < -0.4 is 14.4 Å². The highest BCUT2D eigenvalue weighted by molar-refractivity contribution is 5.62. The highest BCUT2D eigenvalue weighted by atomic mass is 16.5. The summed E-state index contributed by atoms with van der Waals surface area (Å²) in [6.45, 7) is 23.6. The fraction of sp³-hybridized carbons (Fsp3) is 0.487. The van der Waals surface area contributed by atoms with Crippen molar-refractivity contribution in [3.05, 3.63) is 100 Å². The number of benzene rings is 3. The van der Waals surface area contributed by atoms with Crippen LogP contribution in [0.5, 0.6) is 11.5 Å². The largest absolute Gasteiger partial charge is 0.493 e. The Hall–Kier alpha value is -3.40. The van der Waals surface area contributed by atoms with E-state index >= 15 is 0 Å². The molecule has 0 spiro atoms. The van der Waals surface area contributed by atoms with Crippen molar-refractivity contribution in [2.75, 3.05) is 24.7 Å². The highest BCUT2D eigenvalue weighted by Gasteiger charge is 2.27. The number of aryl methyl sites for hydroxylation is 3. The van der Waals surface area contributed by atoms with Crippen LogP contribution in [-0.2, 0) is 18.4 Å². The molecule has 4 nitrogen and oxygen atoms in total. The Morgan fingerprint density at radius 1 is 0.814 bits per heavy atom. The summed E-state index contributed by atoms with van der Waals surface area (Å²) in [5.41, 5.74) is 9.10. The molecule has 0 aromatic heterocycles. The quantitative estimate of drug-likeness (QED) is 0.187. The Labute approximate surface area is 261 Å². The average molecular weight is 583 g/mol. The van der Waals surface area contributed by atoms with Crippen LogP contribution in [0.1, 0.15) is 94.2 Å². The summed E-state index contributed by atoms with van der Waals surface area (Å²) in [5.74, 6) is 1.98. The second-order valence-electron chi connectivity index (χ2n) is 14.2. The molecule has 43 heavy (non-hydrogen) atoms. The molecule has 232 valence electrons. The number of hydrogen-bond donors (Lipinski definition) is 0. The van der Waals surface area contributed by atoms with Crippen molar-refractivity contribution in [2.45, 2.75) is 100 Å². The normalized spacial score (nSPS) is 13.6. The van der Waals surface area contributed by atoms with Crippen molar-refractivity contribution in [3.8, 4) is 11.5 Å². The third-order valence-corrected chi connectivity index (χ3v) is 8.62. The highest BCUT2D eigenvalue weighted by Crippen LogP contribution is 2.41. The molecule has 0 radical (unpaired) electrons. The lowest BCUT2D eigenvalue weighted by Crippen LogP contribution is -2.27. The first-order valence-corrected chi connectivity index (χ1v) is 16.1. The number of anilines is 1. The Balaban J connectivity index is 1.41. The van der Waals surface area contributed by atoms with Gasteiger partial charge in [0, 0.05) is 30.2 Å². The molecule has 4 rings (SSSR count). The van der Waals surface area contributed by atoms with Crippen molar-refractivity contribution in [2.24, 2.45) is 5.41 Å². The van der Waals surface area contributed by atoms with Crippen LogP contribution in [0.3, 0.4) is 0 Å². The Morgan fingerprint density at radius 3 is 2.16 bits per heavy atom. The smallest absolute Gasteiger partial charge is 0.126 e. The van der Waals surface area contributed by atoms with Gasteiger partial charge in [0.1, 0.15) is 18.1 Å². The minimum Gasteiger partial charge on any atom is -0.493 e. The number of ether oxygens (including phenoxy) is 2. The molecule has 0 saturated heterocycles. The van der Waals surface area contributed by atoms with Gasteiger partial charge < -0.3 is 19.3 Å². The number of rotatable bonds is 13. The first-order valence-electron chi connectivity index (χ1n) is 16.1. The average Bonchev–Trinajstić information content (AvgIpc) is 3.39. The molecule has 0 unspecified atom stereocenters. The zero-order valence-electron chi connectivity index (χ0n) is 28.2. The first-order chi connectivity index (χ1) is 20.4. The predicted octanol–water partition coefficient (Wildman–Crippen LogP) is 9.88. The van der Waals surface area contributed by atoms with Crippen LogP contribution >= 0.6 is 0 Å². The van der Waals surface area contributed by atoms with Gasteiger partial charge in [-0.1, -0.05) is 96.0 Å². The summed E-state index contributed by atoms with van der Waals surface area (Å²) < 4.78 is 13.1. The Kier molecular flexibility index (Phi) is 10.5. The lowest BCUT2D eigenvalue weighted by atomic mass is 9.79. The molecule has 0 N–H and O–H groups in total. The van der Waals surface area contributed by atoms with Crippen LogP contribution in [0.4, 0.5) is 5.69 Å². The van der Waals surface area contributed by atoms with Crippen LogP contribution in [0, 0.1) is 26.2 Å². The molecule has 1 heterocycles. The Morgan fingerprint density at radius 2 is 1.51 bits per heavy atom. The summed E-state index contributed by atoms with van der Waals surface area (Å²) in [4.78, 5) is 4.78. The van der Waals surface area contributed by atoms with E-state index in [2.05, 4.69) is 133 Å². The topological polar surface area (TPSA) is 24.9 Å². The number of hydrogen-bond acceptors (Lipinski definition) is 4. The molecule has 0 fully saturated rings. The minimum absolute atomic E-state index is 0.0669. The van der Waals surface area contributed by atoms with E-state index in [1.54, 1.807) is 0 Å². The van der Waals surface area contributed by atoms with Gasteiger partial charge in [-0.2, -0.15) is 0 Å². The van der Waals surface area contributed by atoms with Crippen molar-refractivity contribution >= 4 is 5.69 Å². The van der Waals surface area contributed by atoms with Crippen LogP contribution in [-0.4, -0.2) is 24.7 Å². The van der Waals surface area contributed by atoms with E-state index in [9.17, 15) is 0 Å². The van der Waals surface area contributed by atoms with Gasteiger partial charge in [0.05, 0.1) is 13.3 Å². The van der Waals surface area contributed by atoms with Gasteiger partial charge in [-0.05, 0) is 85.3 Å². The zero-order chi connectivity index (χ0) is 31.2. The van der Waals surface area contributed by atoms with E-state index < -0.39 is 0 Å². The van der Waals surface area contributed by atoms with Crippen LogP contribution in [0.15, 0.2) is 67.0 Å². The fourth-order valence-corrected chi connectivity index (χ4v) is 5.96. The summed E-state index contributed by atoms with van der Waals surface area (Å²) in [7, 11) is 0. The summed E-state index contributed by atoms with van der Waals surface area (Å²) in [6, 6.07) is 19.4. The fourth-order valence-electron chi connectivity index (χ4n) is 5.96. The van der Waals surface area contributed by atoms with Crippen molar-refractivity contribution in [1.29, 1.82) is 0 Å². The number of nitrogens with zero attached hydrogens (tertiary/aromatic N) is 2. The second kappa shape index (κ2) is 13.9. The molecule has 1 aliphatic heterocycles. The maximum absolute atomic E-state index is 6.70. The standard InChI is InChI=1S/C39H54N2O2/c1-10-39(8,9)26-33-24-34(43-27-32-16-12-11-13-17-32)25-35(38(5,6)7)37(33)42-21-15-14-18-40-19-20-41(28-40)36-30(3)22-29(2)23-31(36)4/h11-13,16-17,19-20,22-25H,10,14-15,18,21,26-28H2,1-9H3. The lowest BCUT2D eigenvalue weighted by molar-refractivity contribution is 0.273. The number of unbranched alkanes of at least 4 members (excludes halogenated alkanes) is 1. The van der Waals surface area contributed by atoms with E-state index in [0.29, 0.717) is 13.2 Å².